The molecule has 2 aromatic carbocycles. The largest absolute Gasteiger partial charge is 0.467 e. The van der Waals surface area contributed by atoms with Gasteiger partial charge in [0.1, 0.15) is 6.04 Å². The number of nitrogens with one attached hydrogen (secondary N) is 2. The molecule has 10 nitrogen and oxygen atoms in total. The first-order valence-corrected chi connectivity index (χ1v) is 22.0. The molecule has 0 spiro atoms. The molecule has 0 saturated heterocycles. The first kappa shape index (κ1) is 40.9. The molecule has 6 rings (SSSR count). The van der Waals surface area contributed by atoms with Gasteiger partial charge in [-0.1, -0.05) is 45.0 Å². The molecule has 1 amide bonds. The fourth-order valence-electron chi connectivity index (χ4n) is 12.0. The van der Waals surface area contributed by atoms with Gasteiger partial charge < -0.3 is 25.2 Å². The molecule has 4 aliphatic carbocycles. The number of hydrogen-bond donors (Lipinski definition) is 4. The Morgan fingerprint density at radius 2 is 1.63 bits per heavy atom. The van der Waals surface area contributed by atoms with Crippen LogP contribution in [0.2, 0.25) is 0 Å². The maximum absolute atomic E-state index is 13.3. The highest BCUT2D eigenvalue weighted by molar-refractivity contribution is 7.89. The van der Waals surface area contributed by atoms with E-state index >= 15 is 0 Å². The Bertz CT molecular complexity index is 1770. The highest BCUT2D eigenvalue weighted by atomic mass is 32.2. The first-order chi connectivity index (χ1) is 25.6. The predicted molar refractivity (Wildman–Crippen MR) is 212 cm³/mol. The van der Waals surface area contributed by atoms with Crippen molar-refractivity contribution >= 4 is 38.4 Å². The van der Waals surface area contributed by atoms with Crippen LogP contribution in [0.3, 0.4) is 0 Å². The highest BCUT2D eigenvalue weighted by Crippen LogP contribution is 2.68. The summed E-state index contributed by atoms with van der Waals surface area (Å²) in [5.41, 5.74) is 1.27. The summed E-state index contributed by atoms with van der Waals surface area (Å²) in [6.45, 7) is 7.37. The van der Waals surface area contributed by atoms with Gasteiger partial charge in [-0.15, -0.1) is 0 Å². The summed E-state index contributed by atoms with van der Waals surface area (Å²) in [5.74, 6) is 1.84. The zero-order valence-corrected chi connectivity index (χ0v) is 34.2. The van der Waals surface area contributed by atoms with Crippen molar-refractivity contribution in [2.45, 2.75) is 127 Å². The molecule has 5 unspecified atom stereocenters. The van der Waals surface area contributed by atoms with Gasteiger partial charge in [-0.25, -0.2) is 17.9 Å². The van der Waals surface area contributed by atoms with Gasteiger partial charge in [0.05, 0.1) is 24.2 Å². The molecule has 54 heavy (non-hydrogen) atoms. The van der Waals surface area contributed by atoms with E-state index in [2.05, 4.69) is 30.8 Å². The minimum atomic E-state index is -3.77. The summed E-state index contributed by atoms with van der Waals surface area (Å²) in [6, 6.07) is 10.1. The summed E-state index contributed by atoms with van der Waals surface area (Å²) in [5, 5.41) is 26.4. The van der Waals surface area contributed by atoms with Crippen molar-refractivity contribution in [3.63, 3.8) is 0 Å². The number of benzene rings is 2. The highest BCUT2D eigenvalue weighted by Gasteiger charge is 2.62. The Labute approximate surface area is 323 Å². The van der Waals surface area contributed by atoms with E-state index < -0.39 is 22.0 Å². The third kappa shape index (κ3) is 7.94. The number of nitrogens with zero attached hydrogens (tertiary/aromatic N) is 1. The van der Waals surface area contributed by atoms with Crippen LogP contribution in [0.1, 0.15) is 104 Å². The average molecular weight is 768 g/mol. The number of fused-ring (bicyclic) bond motifs is 6. The van der Waals surface area contributed by atoms with Crippen molar-refractivity contribution in [2.75, 3.05) is 32.6 Å². The summed E-state index contributed by atoms with van der Waals surface area (Å²) in [4.78, 5) is 28.1. The van der Waals surface area contributed by atoms with E-state index in [0.29, 0.717) is 66.6 Å². The van der Waals surface area contributed by atoms with Crippen LogP contribution in [0.15, 0.2) is 41.3 Å². The van der Waals surface area contributed by atoms with Crippen LogP contribution in [0, 0.1) is 46.3 Å². The third-order valence-corrected chi connectivity index (χ3v) is 16.4. The number of carbonyl (C=O) groups excluding carboxylic acids is 2. The molecular weight excluding hydrogens is 703 g/mol. The Kier molecular flexibility index (Phi) is 12.4. The molecule has 11 atom stereocenters. The van der Waals surface area contributed by atoms with Crippen molar-refractivity contribution < 1.29 is 33.0 Å². The zero-order valence-electron chi connectivity index (χ0n) is 33.4. The van der Waals surface area contributed by atoms with Gasteiger partial charge in [0.2, 0.25) is 15.9 Å². The molecule has 11 heteroatoms. The molecule has 4 N–H and O–H groups in total. The number of methoxy groups -OCH3 is 1. The van der Waals surface area contributed by atoms with Crippen LogP contribution in [-0.4, -0.2) is 76.5 Å². The molecule has 4 fully saturated rings. The molecule has 0 radical (unpaired) electrons. The molecule has 0 bridgehead atoms. The Morgan fingerprint density at radius 1 is 0.926 bits per heavy atom. The number of esters is 1. The molecule has 300 valence electrons. The second-order valence-electron chi connectivity index (χ2n) is 18.0. The van der Waals surface area contributed by atoms with Gasteiger partial charge in [-0.2, -0.15) is 0 Å². The second kappa shape index (κ2) is 16.4. The molecule has 2 aromatic rings. The monoisotopic (exact) mass is 767 g/mol. The lowest BCUT2D eigenvalue weighted by atomic mass is 9.43. The standard InChI is InChI=1S/C43H65N3O7S/c1-27(32-17-18-33-40-34(21-23-43(32,33)3)42(2)22-20-29(47)25-28(42)26-37(40)48)16-19-39(49)45-35(41(50)53-6)13-7-8-24-44-54(51,52)38-15-10-11-30-31(38)12-9-14-36(30)46(4)5/h9-12,14-15,27-29,32-35,37,40,44,47-48H,7-8,13,16-26H2,1-6H3,(H,45,49)/t27-,28?,29-,32?,33?,34?,35+,37+,40?,42+,43-/m1/s1. The van der Waals surface area contributed by atoms with Crippen molar-refractivity contribution in [1.29, 1.82) is 0 Å². The third-order valence-electron chi connectivity index (χ3n) is 14.9. The minimum Gasteiger partial charge on any atom is -0.467 e. The van der Waals surface area contributed by atoms with Gasteiger partial charge in [-0.3, -0.25) is 4.79 Å². The number of unbranched alkanes of at least 4 members (excludes halogenated alkanes) is 1. The molecule has 4 saturated carbocycles. The van der Waals surface area contributed by atoms with Gasteiger partial charge in [0.25, 0.3) is 0 Å². The lowest BCUT2D eigenvalue weighted by molar-refractivity contribution is -0.174. The van der Waals surface area contributed by atoms with E-state index in [1.54, 1.807) is 12.1 Å². The zero-order chi connectivity index (χ0) is 39.0. The number of sulfonamides is 1. The summed E-state index contributed by atoms with van der Waals surface area (Å²) in [7, 11) is 1.40. The topological polar surface area (TPSA) is 145 Å². The van der Waals surface area contributed by atoms with Crippen molar-refractivity contribution in [1.82, 2.24) is 10.0 Å². The van der Waals surface area contributed by atoms with E-state index in [0.717, 1.165) is 68.9 Å². The number of ether oxygens (including phenoxy) is 1. The van der Waals surface area contributed by atoms with E-state index in [-0.39, 0.29) is 40.4 Å². The SMILES string of the molecule is COC(=O)[C@H](CCCCNS(=O)(=O)c1cccc2c(N(C)C)cccc12)NC(=O)CC[C@@H](C)C1CCC2C3C(CC[C@@]21C)[C@@]1(C)CC[C@@H](O)CC1C[C@@H]3O. The van der Waals surface area contributed by atoms with E-state index in [9.17, 15) is 28.2 Å². The number of amides is 1. The van der Waals surface area contributed by atoms with Crippen LogP contribution >= 0.6 is 0 Å². The van der Waals surface area contributed by atoms with Gasteiger partial charge in [0, 0.05) is 43.5 Å². The van der Waals surface area contributed by atoms with Crippen molar-refractivity contribution in [3.05, 3.63) is 36.4 Å². The van der Waals surface area contributed by atoms with Crippen LogP contribution in [0.25, 0.3) is 10.8 Å². The number of hydrogen-bond acceptors (Lipinski definition) is 8. The van der Waals surface area contributed by atoms with Crippen LogP contribution < -0.4 is 14.9 Å². The predicted octanol–water partition coefficient (Wildman–Crippen LogP) is 6.42. The van der Waals surface area contributed by atoms with E-state index in [1.807, 2.05) is 43.3 Å². The molecule has 0 heterocycles. The maximum Gasteiger partial charge on any atom is 0.328 e. The fourth-order valence-corrected chi connectivity index (χ4v) is 13.3. The number of carbonyl (C=O) groups is 2. The summed E-state index contributed by atoms with van der Waals surface area (Å²) >= 11 is 0. The minimum absolute atomic E-state index is 0.133. The molecular formula is C43H65N3O7S. The summed E-state index contributed by atoms with van der Waals surface area (Å²) in [6.07, 6.45) is 9.96. The van der Waals surface area contributed by atoms with Crippen LogP contribution in [0.5, 0.6) is 0 Å². The normalized spacial score (nSPS) is 33.2. The van der Waals surface area contributed by atoms with Gasteiger partial charge >= 0.3 is 5.97 Å². The van der Waals surface area contributed by atoms with Crippen molar-refractivity contribution in [3.8, 4) is 0 Å². The lowest BCUT2D eigenvalue weighted by Crippen LogP contribution is -2.58. The van der Waals surface area contributed by atoms with Gasteiger partial charge in [0.15, 0.2) is 0 Å². The van der Waals surface area contributed by atoms with Crippen LogP contribution in [0.4, 0.5) is 5.69 Å². The van der Waals surface area contributed by atoms with Crippen molar-refractivity contribution in [2.24, 2.45) is 46.3 Å². The molecule has 4 aliphatic rings. The lowest BCUT2D eigenvalue weighted by Gasteiger charge is -2.62. The second-order valence-corrected chi connectivity index (χ2v) is 19.8. The number of rotatable bonds is 14. The summed E-state index contributed by atoms with van der Waals surface area (Å²) < 4.78 is 34.4. The Morgan fingerprint density at radius 3 is 2.37 bits per heavy atom. The van der Waals surface area contributed by atoms with Gasteiger partial charge in [-0.05, 0) is 136 Å². The number of anilines is 1. The Balaban J connectivity index is 0.987. The molecule has 0 aromatic heterocycles. The quantitative estimate of drug-likeness (QED) is 0.127. The van der Waals surface area contributed by atoms with E-state index in [1.165, 1.54) is 7.11 Å². The van der Waals surface area contributed by atoms with Crippen LogP contribution in [-0.2, 0) is 24.3 Å². The number of aliphatic hydroxyl groups excluding tert-OH is 2. The average Bonchev–Trinajstić information content (AvgIpc) is 3.50. The number of aliphatic hydroxyl groups is 2. The first-order valence-electron chi connectivity index (χ1n) is 20.5. The fraction of sp³-hybridized carbons (Fsp3) is 0.721. The smallest absolute Gasteiger partial charge is 0.328 e. The Hall–Kier alpha value is -2.73. The van der Waals surface area contributed by atoms with E-state index in [4.69, 9.17) is 4.74 Å². The maximum atomic E-state index is 13.3. The molecule has 0 aliphatic heterocycles.